The van der Waals surface area contributed by atoms with Gasteiger partial charge in [0.15, 0.2) is 0 Å². The van der Waals surface area contributed by atoms with Gasteiger partial charge in [0.2, 0.25) is 0 Å². The third-order valence-corrected chi connectivity index (χ3v) is 23.1. The largest absolute Gasteiger partial charge is 0.375 e. The van der Waals surface area contributed by atoms with Crippen molar-refractivity contribution in [3.05, 3.63) is 23.3 Å². The molecule has 0 radical (unpaired) electrons. The zero-order chi connectivity index (χ0) is 42.7. The highest BCUT2D eigenvalue weighted by atomic mass is 16.6. The summed E-state index contributed by atoms with van der Waals surface area (Å²) in [5, 5.41) is 0. The van der Waals surface area contributed by atoms with Gasteiger partial charge in [-0.15, -0.1) is 0 Å². The molecule has 8 fully saturated rings. The van der Waals surface area contributed by atoms with Crippen LogP contribution in [0.3, 0.4) is 0 Å². The molecule has 0 spiro atoms. The second-order valence-corrected chi connectivity index (χ2v) is 26.8. The highest BCUT2D eigenvalue weighted by molar-refractivity contribution is 5.33. The number of hydrogen-bond acceptors (Lipinski definition) is 3. The Bertz CT molecular complexity index is 1560. The highest BCUT2D eigenvalue weighted by Crippen LogP contribution is 2.71. The predicted molar refractivity (Wildman–Crippen MR) is 252 cm³/mol. The molecule has 10 rings (SSSR count). The van der Waals surface area contributed by atoms with Crippen molar-refractivity contribution in [2.45, 2.75) is 234 Å². The summed E-state index contributed by atoms with van der Waals surface area (Å²) in [5.74, 6) is 10.4. The van der Waals surface area contributed by atoms with Gasteiger partial charge in [-0.25, -0.2) is 0 Å². The van der Waals surface area contributed by atoms with Gasteiger partial charge in [-0.05, 0) is 170 Å². The van der Waals surface area contributed by atoms with Gasteiger partial charge >= 0.3 is 0 Å². The van der Waals surface area contributed by atoms with Crippen molar-refractivity contribution < 1.29 is 14.2 Å². The van der Waals surface area contributed by atoms with Crippen LogP contribution in [-0.4, -0.2) is 36.6 Å². The fraction of sp³-hybridized carbons (Fsp3) is 0.931. The maximum absolute atomic E-state index is 8.03. The van der Waals surface area contributed by atoms with E-state index in [1.165, 1.54) is 116 Å². The van der Waals surface area contributed by atoms with Gasteiger partial charge in [0.25, 0.3) is 0 Å². The zero-order valence-corrected chi connectivity index (χ0v) is 41.4. The average molecular weight is 839 g/mol. The Labute approximate surface area is 375 Å². The fourth-order valence-corrected chi connectivity index (χ4v) is 19.9. The molecule has 2 heterocycles. The van der Waals surface area contributed by atoms with Gasteiger partial charge in [-0.1, -0.05) is 131 Å². The summed E-state index contributed by atoms with van der Waals surface area (Å²) in [7, 11) is 0. The summed E-state index contributed by atoms with van der Waals surface area (Å²) >= 11 is 0. The normalized spacial score (nSPS) is 50.7. The smallest absolute Gasteiger partial charge is 0.101 e. The number of hydrogen-bond donors (Lipinski definition) is 0. The quantitative estimate of drug-likeness (QED) is 0.183. The van der Waals surface area contributed by atoms with Gasteiger partial charge in [-0.2, -0.15) is 0 Å². The SMILES string of the molecule is CC(C)CCC[C@@H](C)[C@H]1CCC2C3CC=C4CC5(OC67CCOC6C[C@@]6(C)C(=CCC8C6CC[C@@]6(C)C8CC[C@@H]6[C@H](C)CCCC(C)C)C7)CCOC5C[C@]4(C)C3CC[C@@]21C. The second-order valence-electron chi connectivity index (χ2n) is 26.8. The molecule has 0 amide bonds. The van der Waals surface area contributed by atoms with E-state index in [0.29, 0.717) is 10.8 Å². The molecule has 2 saturated heterocycles. The Morgan fingerprint density at radius 2 is 0.967 bits per heavy atom. The van der Waals surface area contributed by atoms with E-state index >= 15 is 0 Å². The summed E-state index contributed by atoms with van der Waals surface area (Å²) in [6, 6.07) is 0. The lowest BCUT2D eigenvalue weighted by molar-refractivity contribution is -0.229. The minimum atomic E-state index is -0.194. The third-order valence-electron chi connectivity index (χ3n) is 23.1. The first-order valence-electron chi connectivity index (χ1n) is 27.4. The Morgan fingerprint density at radius 3 is 1.38 bits per heavy atom. The lowest BCUT2D eigenvalue weighted by Crippen LogP contribution is -2.62. The molecule has 61 heavy (non-hydrogen) atoms. The lowest BCUT2D eigenvalue weighted by Gasteiger charge is -2.62. The first kappa shape index (κ1) is 44.2. The number of ether oxygens (including phenoxy) is 3. The zero-order valence-electron chi connectivity index (χ0n) is 41.4. The van der Waals surface area contributed by atoms with Crippen LogP contribution in [0.4, 0.5) is 0 Å². The number of fused-ring (bicyclic) bond motifs is 12. The molecule has 344 valence electrons. The summed E-state index contributed by atoms with van der Waals surface area (Å²) < 4.78 is 21.9. The van der Waals surface area contributed by atoms with E-state index in [2.05, 4.69) is 81.4 Å². The molecule has 10 aliphatic rings. The molecule has 0 N–H and O–H groups in total. The van der Waals surface area contributed by atoms with Crippen LogP contribution in [-0.2, 0) is 14.2 Å². The Kier molecular flexibility index (Phi) is 11.6. The molecule has 0 aromatic heterocycles. The topological polar surface area (TPSA) is 27.7 Å². The maximum Gasteiger partial charge on any atom is 0.101 e. The molecule has 6 saturated carbocycles. The fourth-order valence-electron chi connectivity index (χ4n) is 19.9. The van der Waals surface area contributed by atoms with E-state index < -0.39 is 0 Å². The second kappa shape index (κ2) is 16.0. The molecule has 2 aliphatic heterocycles. The third kappa shape index (κ3) is 6.97. The van der Waals surface area contributed by atoms with Crippen molar-refractivity contribution >= 4 is 0 Å². The van der Waals surface area contributed by atoms with Gasteiger partial charge in [0.05, 0.1) is 12.2 Å². The monoisotopic (exact) mass is 839 g/mol. The van der Waals surface area contributed by atoms with Crippen molar-refractivity contribution in [2.75, 3.05) is 13.2 Å². The molecular weight excluding hydrogens is 745 g/mol. The van der Waals surface area contributed by atoms with E-state index in [4.69, 9.17) is 14.2 Å². The van der Waals surface area contributed by atoms with Crippen LogP contribution >= 0.6 is 0 Å². The van der Waals surface area contributed by atoms with Gasteiger partial charge in [0, 0.05) is 38.9 Å². The van der Waals surface area contributed by atoms with E-state index in [-0.39, 0.29) is 34.2 Å². The van der Waals surface area contributed by atoms with Crippen LogP contribution in [0.1, 0.15) is 210 Å². The summed E-state index contributed by atoms with van der Waals surface area (Å²) in [4.78, 5) is 0. The molecular formula is C58H94O3. The van der Waals surface area contributed by atoms with E-state index in [1.54, 1.807) is 11.1 Å². The Hall–Kier alpha value is -0.640. The van der Waals surface area contributed by atoms with Gasteiger partial charge in [-0.3, -0.25) is 0 Å². The Balaban J connectivity index is 0.851. The van der Waals surface area contributed by atoms with Crippen LogP contribution in [0, 0.1) is 92.7 Å². The first-order valence-corrected chi connectivity index (χ1v) is 27.4. The average Bonchev–Trinajstić information content (AvgIpc) is 3.97. The molecule has 0 bridgehead atoms. The predicted octanol–water partition coefficient (Wildman–Crippen LogP) is 15.4. The van der Waals surface area contributed by atoms with Crippen molar-refractivity contribution in [2.24, 2.45) is 92.7 Å². The number of allylic oxidation sites excluding steroid dienone is 2. The lowest BCUT2D eigenvalue weighted by atomic mass is 9.45. The van der Waals surface area contributed by atoms with Crippen LogP contribution < -0.4 is 0 Å². The maximum atomic E-state index is 8.03. The van der Waals surface area contributed by atoms with E-state index in [0.717, 1.165) is 110 Å². The summed E-state index contributed by atoms with van der Waals surface area (Å²) in [5.41, 5.74) is 4.71. The van der Waals surface area contributed by atoms with Crippen molar-refractivity contribution in [3.8, 4) is 0 Å². The van der Waals surface area contributed by atoms with Gasteiger partial charge < -0.3 is 14.2 Å². The molecule has 3 nitrogen and oxygen atoms in total. The van der Waals surface area contributed by atoms with Crippen LogP contribution in [0.15, 0.2) is 23.3 Å². The first-order chi connectivity index (χ1) is 29.1. The van der Waals surface area contributed by atoms with Gasteiger partial charge in [0.1, 0.15) is 11.2 Å². The standard InChI is InChI=1S/C58H94O3/c1-37(2)13-11-15-39(5)45-21-23-47-43-19-17-41-33-57(29-31-59-51(57)35-55(41,9)49(43)25-27-53(45,47)7)61-58-30-32-60-52(58)36-56(10)42(34-58)18-20-44-48-24-22-46(40(6)16-12-14-38(3)4)54(48,8)28-26-50(44)56/h17-18,37-40,43-52H,11-16,19-36H2,1-10H3/t39-,40-,43?,44?,45-,46-,47?,48?,49?,50?,51?,52?,53-,54-,55+,56+,57?,58?/m1/s1. The highest BCUT2D eigenvalue weighted by Gasteiger charge is 2.68. The molecule has 10 unspecified atom stereocenters. The molecule has 0 aromatic carbocycles. The Morgan fingerprint density at radius 1 is 0.541 bits per heavy atom. The summed E-state index contributed by atoms with van der Waals surface area (Å²) in [6.07, 6.45) is 35.5. The van der Waals surface area contributed by atoms with Crippen molar-refractivity contribution in [1.29, 1.82) is 0 Å². The number of rotatable bonds is 12. The molecule has 3 heteroatoms. The van der Waals surface area contributed by atoms with E-state index in [1.807, 2.05) is 0 Å². The minimum absolute atomic E-state index is 0.194. The molecule has 8 aliphatic carbocycles. The van der Waals surface area contributed by atoms with Crippen LogP contribution in [0.2, 0.25) is 0 Å². The van der Waals surface area contributed by atoms with Crippen LogP contribution in [0.25, 0.3) is 0 Å². The molecule has 0 aromatic rings. The van der Waals surface area contributed by atoms with E-state index in [9.17, 15) is 0 Å². The molecule has 18 atom stereocenters. The van der Waals surface area contributed by atoms with Crippen molar-refractivity contribution in [1.82, 2.24) is 0 Å². The summed E-state index contributed by atoms with van der Waals surface area (Å²) in [6.45, 7) is 27.5. The van der Waals surface area contributed by atoms with Crippen LogP contribution in [0.5, 0.6) is 0 Å². The minimum Gasteiger partial charge on any atom is -0.375 e. The van der Waals surface area contributed by atoms with Crippen molar-refractivity contribution in [3.63, 3.8) is 0 Å².